The zero-order valence-corrected chi connectivity index (χ0v) is 10.5. The molecule has 0 saturated heterocycles. The van der Waals surface area contributed by atoms with E-state index in [1.165, 1.54) is 32.2 Å². The van der Waals surface area contributed by atoms with E-state index >= 15 is 0 Å². The molecule has 0 aromatic heterocycles. The summed E-state index contributed by atoms with van der Waals surface area (Å²) in [6.07, 6.45) is 5.98. The Morgan fingerprint density at radius 3 is 2.88 bits per heavy atom. The van der Waals surface area contributed by atoms with Crippen LogP contribution in [0.25, 0.3) is 0 Å². The van der Waals surface area contributed by atoms with Crippen molar-refractivity contribution in [1.29, 1.82) is 0 Å². The fourth-order valence-corrected chi connectivity index (χ4v) is 3.30. The first-order valence-electron chi connectivity index (χ1n) is 6.68. The number of hydrogen-bond donors (Lipinski definition) is 1. The Morgan fingerprint density at radius 2 is 2.25 bits per heavy atom. The smallest absolute Gasteiger partial charge is 0.0672 e. The minimum atomic E-state index is 0.704. The van der Waals surface area contributed by atoms with Crippen LogP contribution in [0.15, 0.2) is 12.2 Å². The molecule has 0 amide bonds. The molecule has 2 aliphatic rings. The summed E-state index contributed by atoms with van der Waals surface area (Å²) in [6.45, 7) is 9.53. The lowest BCUT2D eigenvalue weighted by atomic mass is 9.89. The van der Waals surface area contributed by atoms with Crippen LogP contribution < -0.4 is 5.32 Å². The van der Waals surface area contributed by atoms with Crippen molar-refractivity contribution in [1.82, 2.24) is 5.32 Å². The maximum Gasteiger partial charge on any atom is 0.0672 e. The van der Waals surface area contributed by atoms with Crippen LogP contribution in [0.3, 0.4) is 0 Å². The molecule has 0 aromatic carbocycles. The van der Waals surface area contributed by atoms with Gasteiger partial charge in [0.15, 0.2) is 0 Å². The first kappa shape index (κ1) is 12.1. The monoisotopic (exact) mass is 223 g/mol. The Labute approximate surface area is 99.4 Å². The number of rotatable bonds is 7. The van der Waals surface area contributed by atoms with Gasteiger partial charge in [0.2, 0.25) is 0 Å². The van der Waals surface area contributed by atoms with Gasteiger partial charge >= 0.3 is 0 Å². The third kappa shape index (κ3) is 3.33. The van der Waals surface area contributed by atoms with E-state index in [9.17, 15) is 0 Å². The molecule has 2 fully saturated rings. The first-order chi connectivity index (χ1) is 7.75. The highest BCUT2D eigenvalue weighted by Crippen LogP contribution is 2.47. The Bertz CT molecular complexity index is 239. The molecule has 0 spiro atoms. The normalized spacial score (nSPS) is 32.2. The quantitative estimate of drug-likeness (QED) is 0.529. The van der Waals surface area contributed by atoms with Crippen molar-refractivity contribution >= 4 is 0 Å². The van der Waals surface area contributed by atoms with Crippen molar-refractivity contribution < 1.29 is 4.74 Å². The molecule has 1 N–H and O–H groups in total. The van der Waals surface area contributed by atoms with E-state index in [4.69, 9.17) is 4.74 Å². The molecular weight excluding hydrogens is 198 g/mol. The summed E-state index contributed by atoms with van der Waals surface area (Å²) in [4.78, 5) is 0. The van der Waals surface area contributed by atoms with Crippen molar-refractivity contribution in [2.45, 2.75) is 32.6 Å². The van der Waals surface area contributed by atoms with Gasteiger partial charge in [0.1, 0.15) is 0 Å². The topological polar surface area (TPSA) is 21.3 Å². The van der Waals surface area contributed by atoms with Crippen LogP contribution in [0.5, 0.6) is 0 Å². The lowest BCUT2D eigenvalue weighted by molar-refractivity contribution is 0.155. The fraction of sp³-hybridized carbons (Fsp3) is 0.857. The molecule has 0 radical (unpaired) electrons. The molecule has 16 heavy (non-hydrogen) atoms. The van der Waals surface area contributed by atoms with Crippen LogP contribution in [0, 0.1) is 17.8 Å². The number of ether oxygens (including phenoxy) is 1. The largest absolute Gasteiger partial charge is 0.376 e. The van der Waals surface area contributed by atoms with Crippen LogP contribution in [-0.2, 0) is 4.74 Å². The van der Waals surface area contributed by atoms with Crippen molar-refractivity contribution in [3.63, 3.8) is 0 Å². The average Bonchev–Trinajstić information content (AvgIpc) is 2.84. The molecule has 2 bridgehead atoms. The maximum atomic E-state index is 5.46. The van der Waals surface area contributed by atoms with Gasteiger partial charge < -0.3 is 10.1 Å². The second-order valence-corrected chi connectivity index (χ2v) is 5.65. The van der Waals surface area contributed by atoms with Gasteiger partial charge in [-0.3, -0.25) is 0 Å². The fourth-order valence-electron chi connectivity index (χ4n) is 3.30. The minimum Gasteiger partial charge on any atom is -0.376 e. The zero-order chi connectivity index (χ0) is 11.4. The summed E-state index contributed by atoms with van der Waals surface area (Å²) < 4.78 is 5.46. The Morgan fingerprint density at radius 1 is 1.38 bits per heavy atom. The van der Waals surface area contributed by atoms with Gasteiger partial charge in [0, 0.05) is 6.54 Å². The predicted octanol–water partition coefficient (Wildman–Crippen LogP) is 2.60. The maximum absolute atomic E-state index is 5.46. The van der Waals surface area contributed by atoms with Crippen LogP contribution >= 0.6 is 0 Å². The molecule has 3 atom stereocenters. The van der Waals surface area contributed by atoms with Gasteiger partial charge in [0.05, 0.1) is 13.2 Å². The second-order valence-electron chi connectivity index (χ2n) is 5.65. The third-order valence-corrected chi connectivity index (χ3v) is 4.06. The van der Waals surface area contributed by atoms with Crippen molar-refractivity contribution in [3.8, 4) is 0 Å². The molecular formula is C14H25NO. The van der Waals surface area contributed by atoms with E-state index < -0.39 is 0 Å². The Kier molecular flexibility index (Phi) is 4.42. The van der Waals surface area contributed by atoms with E-state index in [0.29, 0.717) is 6.61 Å². The van der Waals surface area contributed by atoms with E-state index in [2.05, 4.69) is 11.9 Å². The molecule has 3 unspecified atom stereocenters. The standard InChI is InChI=1S/C14H25NO/c1-11(2)10-16-6-5-15-9-14-8-12-3-4-13(14)7-12/h12-15H,1,3-10H2,2H3. The van der Waals surface area contributed by atoms with Gasteiger partial charge in [-0.2, -0.15) is 0 Å². The predicted molar refractivity (Wildman–Crippen MR) is 67.4 cm³/mol. The number of hydrogen-bond acceptors (Lipinski definition) is 2. The molecule has 2 heteroatoms. The van der Waals surface area contributed by atoms with Crippen molar-refractivity contribution in [2.75, 3.05) is 26.3 Å². The van der Waals surface area contributed by atoms with Crippen molar-refractivity contribution in [2.24, 2.45) is 17.8 Å². The molecule has 92 valence electrons. The summed E-state index contributed by atoms with van der Waals surface area (Å²) in [7, 11) is 0. The average molecular weight is 223 g/mol. The molecule has 2 nitrogen and oxygen atoms in total. The molecule has 0 aromatic rings. The summed E-state index contributed by atoms with van der Waals surface area (Å²) in [5, 5.41) is 3.53. The minimum absolute atomic E-state index is 0.704. The number of fused-ring (bicyclic) bond motifs is 2. The lowest BCUT2D eigenvalue weighted by Gasteiger charge is -2.21. The molecule has 2 rings (SSSR count). The van der Waals surface area contributed by atoms with Crippen LogP contribution in [0.4, 0.5) is 0 Å². The van der Waals surface area contributed by atoms with E-state index in [1.54, 1.807) is 0 Å². The summed E-state index contributed by atoms with van der Waals surface area (Å²) in [6, 6.07) is 0. The summed E-state index contributed by atoms with van der Waals surface area (Å²) in [5.74, 6) is 3.06. The highest BCUT2D eigenvalue weighted by atomic mass is 16.5. The lowest BCUT2D eigenvalue weighted by Crippen LogP contribution is -2.29. The van der Waals surface area contributed by atoms with Crippen LogP contribution in [0.1, 0.15) is 32.6 Å². The van der Waals surface area contributed by atoms with Gasteiger partial charge in [-0.05, 0) is 50.5 Å². The molecule has 0 heterocycles. The summed E-state index contributed by atoms with van der Waals surface area (Å²) in [5.41, 5.74) is 1.10. The first-order valence-corrected chi connectivity index (χ1v) is 6.68. The SMILES string of the molecule is C=C(C)COCCNCC1CC2CCC1C2. The number of nitrogens with one attached hydrogen (secondary N) is 1. The van der Waals surface area contributed by atoms with Gasteiger partial charge in [-0.25, -0.2) is 0 Å². The van der Waals surface area contributed by atoms with Crippen LogP contribution in [-0.4, -0.2) is 26.3 Å². The highest BCUT2D eigenvalue weighted by molar-refractivity contribution is 4.90. The van der Waals surface area contributed by atoms with E-state index in [0.717, 1.165) is 36.5 Å². The molecule has 2 aliphatic carbocycles. The third-order valence-electron chi connectivity index (χ3n) is 4.06. The zero-order valence-electron chi connectivity index (χ0n) is 10.5. The highest BCUT2D eigenvalue weighted by Gasteiger charge is 2.38. The van der Waals surface area contributed by atoms with Crippen molar-refractivity contribution in [3.05, 3.63) is 12.2 Å². The van der Waals surface area contributed by atoms with E-state index in [-0.39, 0.29) is 0 Å². The second kappa shape index (κ2) is 5.83. The van der Waals surface area contributed by atoms with Crippen LogP contribution in [0.2, 0.25) is 0 Å². The summed E-state index contributed by atoms with van der Waals surface area (Å²) >= 11 is 0. The Hall–Kier alpha value is -0.340. The van der Waals surface area contributed by atoms with E-state index in [1.807, 2.05) is 6.92 Å². The van der Waals surface area contributed by atoms with Gasteiger partial charge in [-0.1, -0.05) is 18.6 Å². The molecule has 0 aliphatic heterocycles. The van der Waals surface area contributed by atoms with Gasteiger partial charge in [0.25, 0.3) is 0 Å². The van der Waals surface area contributed by atoms with Gasteiger partial charge in [-0.15, -0.1) is 0 Å². The Balaban J connectivity index is 1.48. The molecule has 2 saturated carbocycles.